The van der Waals surface area contributed by atoms with Gasteiger partial charge >= 0.3 is 0 Å². The topological polar surface area (TPSA) is 17.3 Å². The number of imidazole rings is 1. The highest BCUT2D eigenvalue weighted by Crippen LogP contribution is 2.27. The lowest BCUT2D eigenvalue weighted by Crippen LogP contribution is -1.91. The van der Waals surface area contributed by atoms with Crippen LogP contribution in [-0.4, -0.2) is 9.38 Å². The van der Waals surface area contributed by atoms with Crippen molar-refractivity contribution in [2.24, 2.45) is 0 Å². The summed E-state index contributed by atoms with van der Waals surface area (Å²) in [6, 6.07) is 12.2. The van der Waals surface area contributed by atoms with Gasteiger partial charge in [-0.05, 0) is 30.7 Å². The van der Waals surface area contributed by atoms with Gasteiger partial charge in [0, 0.05) is 16.2 Å². The first-order chi connectivity index (χ1) is 9.20. The molecule has 0 N–H and O–H groups in total. The minimum atomic E-state index is 0.440. The van der Waals surface area contributed by atoms with Crippen LogP contribution < -0.4 is 0 Å². The summed E-state index contributed by atoms with van der Waals surface area (Å²) >= 11 is 9.56. The molecule has 0 fully saturated rings. The van der Waals surface area contributed by atoms with Crippen molar-refractivity contribution in [3.63, 3.8) is 0 Å². The first-order valence-corrected chi connectivity index (χ1v) is 7.32. The molecule has 4 heteroatoms. The molecule has 2 aromatic heterocycles. The van der Waals surface area contributed by atoms with Crippen LogP contribution in [-0.2, 0) is 5.88 Å². The number of halogens is 2. The second kappa shape index (κ2) is 4.99. The van der Waals surface area contributed by atoms with Crippen molar-refractivity contribution in [2.45, 2.75) is 12.8 Å². The first-order valence-electron chi connectivity index (χ1n) is 5.99. The fourth-order valence-electron chi connectivity index (χ4n) is 2.22. The van der Waals surface area contributed by atoms with Crippen molar-refractivity contribution in [1.29, 1.82) is 0 Å². The predicted molar refractivity (Wildman–Crippen MR) is 82.6 cm³/mol. The number of aromatic nitrogens is 2. The van der Waals surface area contributed by atoms with E-state index < -0.39 is 0 Å². The summed E-state index contributed by atoms with van der Waals surface area (Å²) in [4.78, 5) is 4.75. The molecule has 0 saturated heterocycles. The van der Waals surface area contributed by atoms with Gasteiger partial charge in [-0.2, -0.15) is 0 Å². The highest BCUT2D eigenvalue weighted by molar-refractivity contribution is 9.10. The maximum Gasteiger partial charge on any atom is 0.140 e. The predicted octanol–water partition coefficient (Wildman–Crippen LogP) is 4.81. The molecule has 0 amide bonds. The molecule has 1 aromatic carbocycles. The molecule has 0 aliphatic heterocycles. The SMILES string of the molecule is Cc1cccn2c(CCl)c(-c3ccc(Br)cc3)nc12. The molecule has 96 valence electrons. The molecule has 0 aliphatic carbocycles. The van der Waals surface area contributed by atoms with E-state index in [2.05, 4.69) is 45.5 Å². The number of pyridine rings is 1. The number of nitrogens with zero attached hydrogens (tertiary/aromatic N) is 2. The molecule has 2 heterocycles. The minimum Gasteiger partial charge on any atom is -0.302 e. The molecule has 2 nitrogen and oxygen atoms in total. The van der Waals surface area contributed by atoms with Gasteiger partial charge in [-0.3, -0.25) is 0 Å². The second-order valence-electron chi connectivity index (χ2n) is 4.43. The van der Waals surface area contributed by atoms with Crippen molar-refractivity contribution in [3.05, 3.63) is 58.3 Å². The number of benzene rings is 1. The second-order valence-corrected chi connectivity index (χ2v) is 5.62. The van der Waals surface area contributed by atoms with E-state index in [9.17, 15) is 0 Å². The smallest absolute Gasteiger partial charge is 0.140 e. The maximum atomic E-state index is 6.12. The van der Waals surface area contributed by atoms with Gasteiger partial charge in [0.05, 0.1) is 17.3 Å². The number of aryl methyl sites for hydroxylation is 1. The first kappa shape index (κ1) is 12.7. The molecule has 19 heavy (non-hydrogen) atoms. The van der Waals surface area contributed by atoms with Crippen molar-refractivity contribution >= 4 is 33.2 Å². The van der Waals surface area contributed by atoms with Gasteiger partial charge in [0.2, 0.25) is 0 Å². The Labute approximate surface area is 125 Å². The summed E-state index contributed by atoms with van der Waals surface area (Å²) in [6.07, 6.45) is 2.01. The van der Waals surface area contributed by atoms with E-state index in [4.69, 9.17) is 16.6 Å². The summed E-state index contributed by atoms with van der Waals surface area (Å²) in [5, 5.41) is 0. The van der Waals surface area contributed by atoms with Gasteiger partial charge in [0.1, 0.15) is 5.65 Å². The normalized spacial score (nSPS) is 11.1. The summed E-state index contributed by atoms with van der Waals surface area (Å²) in [5.74, 6) is 0.440. The fourth-order valence-corrected chi connectivity index (χ4v) is 2.74. The van der Waals surface area contributed by atoms with E-state index in [1.807, 2.05) is 24.4 Å². The maximum absolute atomic E-state index is 6.12. The van der Waals surface area contributed by atoms with Gasteiger partial charge in [-0.1, -0.05) is 34.1 Å². The summed E-state index contributed by atoms with van der Waals surface area (Å²) in [5.41, 5.74) is 5.19. The minimum absolute atomic E-state index is 0.440. The Balaban J connectivity index is 2.29. The Morgan fingerprint density at radius 1 is 1.21 bits per heavy atom. The highest BCUT2D eigenvalue weighted by atomic mass is 79.9. The van der Waals surface area contributed by atoms with Crippen LogP contribution in [0, 0.1) is 6.92 Å². The van der Waals surface area contributed by atoms with Gasteiger partial charge < -0.3 is 4.40 Å². The Morgan fingerprint density at radius 3 is 2.63 bits per heavy atom. The molecule has 0 unspecified atom stereocenters. The number of fused-ring (bicyclic) bond motifs is 1. The molecule has 0 aliphatic rings. The standard InChI is InChI=1S/C15H12BrClN2/c1-10-3-2-8-19-13(9-17)14(18-15(10)19)11-4-6-12(16)7-5-11/h2-8H,9H2,1H3. The van der Waals surface area contributed by atoms with Crippen molar-refractivity contribution in [2.75, 3.05) is 0 Å². The number of alkyl halides is 1. The van der Waals surface area contributed by atoms with Gasteiger partial charge in [-0.25, -0.2) is 4.98 Å². The van der Waals surface area contributed by atoms with Crippen LogP contribution in [0.25, 0.3) is 16.9 Å². The third-order valence-corrected chi connectivity index (χ3v) is 3.97. The summed E-state index contributed by atoms with van der Waals surface area (Å²) in [6.45, 7) is 2.06. The Bertz CT molecular complexity index is 732. The zero-order valence-electron chi connectivity index (χ0n) is 10.4. The third-order valence-electron chi connectivity index (χ3n) is 3.19. The zero-order valence-corrected chi connectivity index (χ0v) is 12.7. The lowest BCUT2D eigenvalue weighted by Gasteiger charge is -2.02. The molecule has 0 spiro atoms. The number of hydrogen-bond acceptors (Lipinski definition) is 1. The number of hydrogen-bond donors (Lipinski definition) is 0. The molecule has 0 bridgehead atoms. The highest BCUT2D eigenvalue weighted by Gasteiger charge is 2.13. The van der Waals surface area contributed by atoms with Crippen LogP contribution in [0.5, 0.6) is 0 Å². The van der Waals surface area contributed by atoms with E-state index in [1.54, 1.807) is 0 Å². The van der Waals surface area contributed by atoms with Crippen LogP contribution in [0.3, 0.4) is 0 Å². The van der Waals surface area contributed by atoms with Crippen LogP contribution in [0.15, 0.2) is 47.1 Å². The zero-order chi connectivity index (χ0) is 13.4. The van der Waals surface area contributed by atoms with Gasteiger partial charge in [0.15, 0.2) is 0 Å². The average Bonchev–Trinajstić information content (AvgIpc) is 2.79. The molecule has 3 rings (SSSR count). The van der Waals surface area contributed by atoms with E-state index in [1.165, 1.54) is 0 Å². The molecule has 0 saturated carbocycles. The van der Waals surface area contributed by atoms with E-state index in [0.29, 0.717) is 5.88 Å². The number of rotatable bonds is 2. The van der Waals surface area contributed by atoms with Crippen LogP contribution in [0.2, 0.25) is 0 Å². The molecular weight excluding hydrogens is 324 g/mol. The Morgan fingerprint density at radius 2 is 1.95 bits per heavy atom. The average molecular weight is 336 g/mol. The van der Waals surface area contributed by atoms with Crippen LogP contribution in [0.4, 0.5) is 0 Å². The lowest BCUT2D eigenvalue weighted by atomic mass is 10.1. The van der Waals surface area contributed by atoms with E-state index >= 15 is 0 Å². The lowest BCUT2D eigenvalue weighted by molar-refractivity contribution is 1.08. The molecule has 0 radical (unpaired) electrons. The summed E-state index contributed by atoms with van der Waals surface area (Å²) in [7, 11) is 0. The van der Waals surface area contributed by atoms with E-state index in [0.717, 1.165) is 32.6 Å². The quantitative estimate of drug-likeness (QED) is 0.614. The van der Waals surface area contributed by atoms with Crippen molar-refractivity contribution < 1.29 is 0 Å². The monoisotopic (exact) mass is 334 g/mol. The third kappa shape index (κ3) is 2.17. The van der Waals surface area contributed by atoms with Crippen LogP contribution >= 0.6 is 27.5 Å². The molecule has 0 atom stereocenters. The van der Waals surface area contributed by atoms with E-state index in [-0.39, 0.29) is 0 Å². The Hall–Kier alpha value is -1.32. The largest absolute Gasteiger partial charge is 0.302 e. The van der Waals surface area contributed by atoms with Crippen LogP contribution in [0.1, 0.15) is 11.3 Å². The summed E-state index contributed by atoms with van der Waals surface area (Å²) < 4.78 is 3.13. The Kier molecular flexibility index (Phi) is 3.33. The van der Waals surface area contributed by atoms with Crippen molar-refractivity contribution in [1.82, 2.24) is 9.38 Å². The van der Waals surface area contributed by atoms with Crippen molar-refractivity contribution in [3.8, 4) is 11.3 Å². The molecule has 3 aromatic rings. The molecular formula is C15H12BrClN2. The van der Waals surface area contributed by atoms with Gasteiger partial charge in [-0.15, -0.1) is 11.6 Å². The van der Waals surface area contributed by atoms with Gasteiger partial charge in [0.25, 0.3) is 0 Å². The fraction of sp³-hybridized carbons (Fsp3) is 0.133.